The van der Waals surface area contributed by atoms with Crippen molar-refractivity contribution >= 4 is 6.09 Å². The highest BCUT2D eigenvalue weighted by Gasteiger charge is 2.27. The molecule has 1 aliphatic rings. The molecule has 0 saturated heterocycles. The number of nitrogens with one attached hydrogen (secondary N) is 1. The molecule has 0 saturated carbocycles. The molecule has 0 bridgehead atoms. The van der Waals surface area contributed by atoms with Crippen LogP contribution in [0.3, 0.4) is 0 Å². The molecule has 0 fully saturated rings. The second-order valence-electron chi connectivity index (χ2n) is 7.84. The van der Waals surface area contributed by atoms with E-state index in [0.717, 1.165) is 17.7 Å². The third kappa shape index (κ3) is 4.15. The molecule has 1 aromatic carbocycles. The van der Waals surface area contributed by atoms with Crippen LogP contribution in [0.1, 0.15) is 65.1 Å². The van der Waals surface area contributed by atoms with Gasteiger partial charge < -0.3 is 14.8 Å². The number of hydrogen-bond donors (Lipinski definition) is 1. The molecule has 1 amide bonds. The lowest BCUT2D eigenvalue weighted by molar-refractivity contribution is 0.0491. The van der Waals surface area contributed by atoms with Gasteiger partial charge in [0.05, 0.1) is 12.6 Å². The molecule has 1 N–H and O–H groups in total. The van der Waals surface area contributed by atoms with Crippen molar-refractivity contribution in [2.45, 2.75) is 65.0 Å². The lowest BCUT2D eigenvalue weighted by atomic mass is 9.84. The van der Waals surface area contributed by atoms with Gasteiger partial charge in [0, 0.05) is 12.0 Å². The van der Waals surface area contributed by atoms with Crippen molar-refractivity contribution in [3.63, 3.8) is 0 Å². The van der Waals surface area contributed by atoms with E-state index in [-0.39, 0.29) is 17.6 Å². The highest BCUT2D eigenvalue weighted by molar-refractivity contribution is 5.68. The zero-order chi connectivity index (χ0) is 16.5. The van der Waals surface area contributed by atoms with Crippen LogP contribution in [0.2, 0.25) is 0 Å². The Hall–Kier alpha value is -1.71. The lowest BCUT2D eigenvalue weighted by Crippen LogP contribution is -2.37. The zero-order valence-electron chi connectivity index (χ0n) is 14.4. The molecule has 0 spiro atoms. The fourth-order valence-electron chi connectivity index (χ4n) is 2.46. The molecule has 0 aliphatic carbocycles. The van der Waals surface area contributed by atoms with Gasteiger partial charge in [0.2, 0.25) is 0 Å². The summed E-state index contributed by atoms with van der Waals surface area (Å²) in [6.45, 7) is 12.7. The minimum Gasteiger partial charge on any atom is -0.493 e. The highest BCUT2D eigenvalue weighted by atomic mass is 16.6. The van der Waals surface area contributed by atoms with Gasteiger partial charge in [0.25, 0.3) is 0 Å². The van der Waals surface area contributed by atoms with Gasteiger partial charge in [-0.05, 0) is 43.9 Å². The Kier molecular flexibility index (Phi) is 4.41. The largest absolute Gasteiger partial charge is 0.493 e. The first-order valence-corrected chi connectivity index (χ1v) is 7.83. The fraction of sp³-hybridized carbons (Fsp3) is 0.611. The molecule has 4 heteroatoms. The first-order valence-electron chi connectivity index (χ1n) is 7.83. The molecule has 1 atom stereocenters. The average molecular weight is 305 g/mol. The number of ether oxygens (including phenoxy) is 2. The summed E-state index contributed by atoms with van der Waals surface area (Å²) in [5.74, 6) is 0.848. The molecule has 1 aromatic rings. The van der Waals surface area contributed by atoms with Crippen LogP contribution in [0, 0.1) is 0 Å². The van der Waals surface area contributed by atoms with E-state index in [0.29, 0.717) is 6.61 Å². The molecule has 2 rings (SSSR count). The van der Waals surface area contributed by atoms with Crippen molar-refractivity contribution in [2.24, 2.45) is 0 Å². The summed E-state index contributed by atoms with van der Waals surface area (Å²) in [4.78, 5) is 12.0. The van der Waals surface area contributed by atoms with Crippen molar-refractivity contribution in [1.82, 2.24) is 5.32 Å². The Labute approximate surface area is 133 Å². The van der Waals surface area contributed by atoms with Crippen molar-refractivity contribution in [3.8, 4) is 5.75 Å². The van der Waals surface area contributed by atoms with E-state index in [2.05, 4.69) is 38.2 Å². The van der Waals surface area contributed by atoms with Crippen LogP contribution in [-0.2, 0) is 10.2 Å². The van der Waals surface area contributed by atoms with E-state index in [9.17, 15) is 4.79 Å². The van der Waals surface area contributed by atoms with E-state index >= 15 is 0 Å². The van der Waals surface area contributed by atoms with Crippen LogP contribution >= 0.6 is 0 Å². The van der Waals surface area contributed by atoms with E-state index in [1.807, 2.05) is 26.8 Å². The summed E-state index contributed by atoms with van der Waals surface area (Å²) in [7, 11) is 0. The lowest BCUT2D eigenvalue weighted by Gasteiger charge is -2.30. The van der Waals surface area contributed by atoms with Gasteiger partial charge in [-0.15, -0.1) is 0 Å². The number of fused-ring (bicyclic) bond motifs is 1. The topological polar surface area (TPSA) is 47.6 Å². The summed E-state index contributed by atoms with van der Waals surface area (Å²) in [6, 6.07) is 6.16. The summed E-state index contributed by atoms with van der Waals surface area (Å²) in [5.41, 5.74) is 1.83. The molecule has 1 aliphatic heterocycles. The molecule has 1 unspecified atom stereocenters. The van der Waals surface area contributed by atoms with Crippen molar-refractivity contribution in [3.05, 3.63) is 29.3 Å². The quantitative estimate of drug-likeness (QED) is 0.840. The number of amides is 1. The minimum absolute atomic E-state index is 0.0585. The number of rotatable bonds is 1. The molecule has 122 valence electrons. The van der Waals surface area contributed by atoms with Gasteiger partial charge in [0.1, 0.15) is 11.4 Å². The summed E-state index contributed by atoms with van der Waals surface area (Å²) in [5, 5.41) is 2.97. The van der Waals surface area contributed by atoms with Crippen molar-refractivity contribution < 1.29 is 14.3 Å². The molecule has 1 heterocycles. The third-order valence-electron chi connectivity index (χ3n) is 3.61. The predicted molar refractivity (Wildman–Crippen MR) is 87.4 cm³/mol. The Morgan fingerprint density at radius 3 is 2.50 bits per heavy atom. The second-order valence-corrected chi connectivity index (χ2v) is 7.84. The van der Waals surface area contributed by atoms with Gasteiger partial charge >= 0.3 is 6.09 Å². The average Bonchev–Trinajstić information content (AvgIpc) is 2.35. The van der Waals surface area contributed by atoms with Gasteiger partial charge in [-0.1, -0.05) is 26.8 Å². The molecular weight excluding hydrogens is 278 g/mol. The van der Waals surface area contributed by atoms with Crippen molar-refractivity contribution in [1.29, 1.82) is 0 Å². The highest BCUT2D eigenvalue weighted by Crippen LogP contribution is 2.35. The predicted octanol–water partition coefficient (Wildman–Crippen LogP) is 4.33. The Morgan fingerprint density at radius 2 is 1.91 bits per heavy atom. The summed E-state index contributed by atoms with van der Waals surface area (Å²) < 4.78 is 11.1. The number of carbonyl (C=O) groups is 1. The van der Waals surface area contributed by atoms with Gasteiger partial charge in [-0.25, -0.2) is 4.79 Å². The Bertz CT molecular complexity index is 552. The first-order chi connectivity index (χ1) is 10.1. The maximum Gasteiger partial charge on any atom is 0.408 e. The smallest absolute Gasteiger partial charge is 0.408 e. The molecular formula is C18H27NO3. The normalized spacial score (nSPS) is 18.2. The molecule has 4 nitrogen and oxygen atoms in total. The van der Waals surface area contributed by atoms with E-state index in [1.54, 1.807) is 0 Å². The first kappa shape index (κ1) is 16.7. The summed E-state index contributed by atoms with van der Waals surface area (Å²) >= 11 is 0. The number of benzene rings is 1. The van der Waals surface area contributed by atoms with Crippen LogP contribution in [0.15, 0.2) is 18.2 Å². The van der Waals surface area contributed by atoms with Gasteiger partial charge in [-0.3, -0.25) is 0 Å². The van der Waals surface area contributed by atoms with Crippen LogP contribution in [-0.4, -0.2) is 18.3 Å². The molecule has 22 heavy (non-hydrogen) atoms. The van der Waals surface area contributed by atoms with Crippen molar-refractivity contribution in [2.75, 3.05) is 6.61 Å². The molecule has 0 aromatic heterocycles. The molecule has 0 radical (unpaired) electrons. The van der Waals surface area contributed by atoms with E-state index in [4.69, 9.17) is 9.47 Å². The Balaban J connectivity index is 2.22. The minimum atomic E-state index is -0.495. The SMILES string of the molecule is CC(C)(C)OC(=O)NC1CCOc2ccc(C(C)(C)C)cc21. The van der Waals surface area contributed by atoms with Crippen LogP contribution in [0.25, 0.3) is 0 Å². The van der Waals surface area contributed by atoms with Gasteiger partial charge in [-0.2, -0.15) is 0 Å². The summed E-state index contributed by atoms with van der Waals surface area (Å²) in [6.07, 6.45) is 0.367. The monoisotopic (exact) mass is 305 g/mol. The van der Waals surface area contributed by atoms with Gasteiger partial charge in [0.15, 0.2) is 0 Å². The van der Waals surface area contributed by atoms with Crippen LogP contribution in [0.4, 0.5) is 4.79 Å². The number of carbonyl (C=O) groups excluding carboxylic acids is 1. The maximum atomic E-state index is 12.0. The maximum absolute atomic E-state index is 12.0. The number of alkyl carbamates (subject to hydrolysis) is 1. The third-order valence-corrected chi connectivity index (χ3v) is 3.61. The van der Waals surface area contributed by atoms with Crippen LogP contribution < -0.4 is 10.1 Å². The fourth-order valence-corrected chi connectivity index (χ4v) is 2.46. The van der Waals surface area contributed by atoms with Crippen LogP contribution in [0.5, 0.6) is 5.75 Å². The zero-order valence-corrected chi connectivity index (χ0v) is 14.4. The van der Waals surface area contributed by atoms with E-state index < -0.39 is 5.60 Å². The number of hydrogen-bond acceptors (Lipinski definition) is 3. The van der Waals surface area contributed by atoms with E-state index in [1.165, 1.54) is 5.56 Å². The second kappa shape index (κ2) is 5.82. The standard InChI is InChI=1S/C18H27NO3/c1-17(2,3)12-7-8-15-13(11-12)14(9-10-21-15)19-16(20)22-18(4,5)6/h7-8,11,14H,9-10H2,1-6H3,(H,19,20). The Morgan fingerprint density at radius 1 is 1.23 bits per heavy atom.